The van der Waals surface area contributed by atoms with Crippen LogP contribution < -0.4 is 9.62 Å². The number of nitrogens with one attached hydrogen (secondary N) is 1. The van der Waals surface area contributed by atoms with Crippen LogP contribution in [0.5, 0.6) is 0 Å². The van der Waals surface area contributed by atoms with Gasteiger partial charge in [-0.05, 0) is 63.4 Å². The molecule has 0 aliphatic carbocycles. The Morgan fingerprint density at radius 1 is 1.20 bits per heavy atom. The third-order valence-electron chi connectivity index (χ3n) is 6.22. The van der Waals surface area contributed by atoms with Crippen LogP contribution in [0.1, 0.15) is 43.5 Å². The lowest BCUT2D eigenvalue weighted by Crippen LogP contribution is -2.38. The van der Waals surface area contributed by atoms with E-state index >= 15 is 0 Å². The van der Waals surface area contributed by atoms with Crippen molar-refractivity contribution in [3.63, 3.8) is 0 Å². The van der Waals surface area contributed by atoms with Crippen LogP contribution in [-0.2, 0) is 14.8 Å². The molecule has 0 amide bonds. The molecule has 0 bridgehead atoms. The Bertz CT molecular complexity index is 1340. The molecule has 3 aromatic rings. The van der Waals surface area contributed by atoms with Gasteiger partial charge in [0.05, 0.1) is 29.8 Å². The molecule has 2 aromatic carbocycles. The number of ether oxygens (including phenoxy) is 1. The fraction of sp³-hybridized carbons (Fsp3) is 0.360. The summed E-state index contributed by atoms with van der Waals surface area (Å²) >= 11 is 0. The predicted octanol–water partition coefficient (Wildman–Crippen LogP) is 5.07. The number of sulfonamides is 1. The molecule has 0 radical (unpaired) electrons. The third-order valence-corrected chi connectivity index (χ3v) is 7.51. The highest BCUT2D eigenvalue weighted by Gasteiger charge is 2.24. The van der Waals surface area contributed by atoms with Gasteiger partial charge in [-0.25, -0.2) is 17.6 Å². The number of piperidine rings is 1. The normalized spacial score (nSPS) is 16.2. The minimum absolute atomic E-state index is 0.0498. The minimum Gasteiger partial charge on any atom is -0.465 e. The van der Waals surface area contributed by atoms with Gasteiger partial charge in [-0.1, -0.05) is 11.2 Å². The van der Waals surface area contributed by atoms with E-state index in [0.29, 0.717) is 34.3 Å². The number of methoxy groups -OCH3 is 1. The van der Waals surface area contributed by atoms with Crippen molar-refractivity contribution < 1.29 is 26.9 Å². The molecule has 8 nitrogen and oxygen atoms in total. The van der Waals surface area contributed by atoms with Gasteiger partial charge in [0.15, 0.2) is 5.76 Å². The van der Waals surface area contributed by atoms with Gasteiger partial charge in [-0.3, -0.25) is 4.72 Å². The maximum atomic E-state index is 14.4. The number of carbonyl (C=O) groups excluding carboxylic acids is 1. The molecule has 1 aliphatic heterocycles. The number of hydrogen-bond donors (Lipinski definition) is 1. The summed E-state index contributed by atoms with van der Waals surface area (Å²) in [5, 5.41) is 4.04. The fourth-order valence-corrected chi connectivity index (χ4v) is 4.86. The number of aromatic nitrogens is 1. The van der Waals surface area contributed by atoms with Crippen LogP contribution in [0.2, 0.25) is 0 Å². The minimum atomic E-state index is -3.51. The first-order chi connectivity index (χ1) is 16.7. The average Bonchev–Trinajstić information content (AvgIpc) is 3.34. The number of rotatable bonds is 7. The highest BCUT2D eigenvalue weighted by molar-refractivity contribution is 7.92. The van der Waals surface area contributed by atoms with E-state index in [1.54, 1.807) is 25.1 Å². The number of anilines is 2. The summed E-state index contributed by atoms with van der Waals surface area (Å²) in [5.74, 6) is -1.14. The Morgan fingerprint density at radius 2 is 1.97 bits per heavy atom. The van der Waals surface area contributed by atoms with E-state index in [2.05, 4.69) is 26.4 Å². The number of carbonyl (C=O) groups is 1. The summed E-state index contributed by atoms with van der Waals surface area (Å²) in [6.45, 7) is 4.57. The standard InChI is InChI=1S/C25H28FN3O5S/c1-4-35(31,32)28-22-14-18(9-11-23(22)29-12-6-5-7-16(29)2)24-15-21(27-34-24)17-8-10-19(20(26)13-17)25(30)33-3/h8-11,13-16,28H,4-7,12H2,1-3H3. The van der Waals surface area contributed by atoms with Crippen molar-refractivity contribution >= 4 is 27.4 Å². The lowest BCUT2D eigenvalue weighted by atomic mass is 10.0. The van der Waals surface area contributed by atoms with Gasteiger partial charge in [0, 0.05) is 29.8 Å². The van der Waals surface area contributed by atoms with Gasteiger partial charge in [0.1, 0.15) is 11.5 Å². The van der Waals surface area contributed by atoms with Gasteiger partial charge >= 0.3 is 5.97 Å². The van der Waals surface area contributed by atoms with Gasteiger partial charge in [0.25, 0.3) is 0 Å². The molecule has 35 heavy (non-hydrogen) atoms. The van der Waals surface area contributed by atoms with Crippen LogP contribution in [0.25, 0.3) is 22.6 Å². The van der Waals surface area contributed by atoms with Gasteiger partial charge in [-0.15, -0.1) is 0 Å². The number of halogens is 1. The summed E-state index contributed by atoms with van der Waals surface area (Å²) in [5.41, 5.74) is 2.55. The van der Waals surface area contributed by atoms with Crippen molar-refractivity contribution in [3.8, 4) is 22.6 Å². The molecule has 1 N–H and O–H groups in total. The van der Waals surface area contributed by atoms with Crippen molar-refractivity contribution in [1.29, 1.82) is 0 Å². The first kappa shape index (κ1) is 24.7. The van der Waals surface area contributed by atoms with E-state index in [-0.39, 0.29) is 11.3 Å². The molecule has 186 valence electrons. The van der Waals surface area contributed by atoms with E-state index < -0.39 is 21.8 Å². The van der Waals surface area contributed by atoms with Gasteiger partial charge in [0.2, 0.25) is 10.0 Å². The molecule has 1 aliphatic rings. The van der Waals surface area contributed by atoms with E-state index in [4.69, 9.17) is 4.52 Å². The lowest BCUT2D eigenvalue weighted by molar-refractivity contribution is 0.0595. The van der Waals surface area contributed by atoms with Crippen LogP contribution in [0.15, 0.2) is 47.0 Å². The summed E-state index contributed by atoms with van der Waals surface area (Å²) in [6, 6.07) is 11.5. The first-order valence-electron chi connectivity index (χ1n) is 11.5. The lowest BCUT2D eigenvalue weighted by Gasteiger charge is -2.36. The van der Waals surface area contributed by atoms with E-state index in [0.717, 1.165) is 31.5 Å². The Hall–Kier alpha value is -3.40. The molecule has 0 spiro atoms. The molecule has 1 unspecified atom stereocenters. The van der Waals surface area contributed by atoms with Crippen molar-refractivity contribution in [1.82, 2.24) is 5.16 Å². The predicted molar refractivity (Wildman–Crippen MR) is 132 cm³/mol. The zero-order valence-electron chi connectivity index (χ0n) is 19.9. The highest BCUT2D eigenvalue weighted by Crippen LogP contribution is 2.36. The topological polar surface area (TPSA) is 102 Å². The van der Waals surface area contributed by atoms with Crippen molar-refractivity contribution in [2.75, 3.05) is 29.0 Å². The molecule has 1 atom stereocenters. The molecule has 4 rings (SSSR count). The van der Waals surface area contributed by atoms with Crippen molar-refractivity contribution in [2.24, 2.45) is 0 Å². The Balaban J connectivity index is 1.69. The zero-order chi connectivity index (χ0) is 25.2. The quantitative estimate of drug-likeness (QED) is 0.451. The maximum absolute atomic E-state index is 14.4. The van der Waals surface area contributed by atoms with Gasteiger partial charge < -0.3 is 14.2 Å². The van der Waals surface area contributed by atoms with Crippen molar-refractivity contribution in [2.45, 2.75) is 39.2 Å². The summed E-state index contributed by atoms with van der Waals surface area (Å²) in [4.78, 5) is 13.9. The summed E-state index contributed by atoms with van der Waals surface area (Å²) in [7, 11) is -2.32. The zero-order valence-corrected chi connectivity index (χ0v) is 20.7. The Labute approximate surface area is 204 Å². The second-order valence-corrected chi connectivity index (χ2v) is 10.5. The van der Waals surface area contributed by atoms with Crippen molar-refractivity contribution in [3.05, 3.63) is 53.8 Å². The monoisotopic (exact) mass is 501 g/mol. The Morgan fingerprint density at radius 3 is 2.66 bits per heavy atom. The molecular weight excluding hydrogens is 473 g/mol. The largest absolute Gasteiger partial charge is 0.465 e. The van der Waals surface area contributed by atoms with Crippen LogP contribution in [0.3, 0.4) is 0 Å². The fourth-order valence-electron chi connectivity index (χ4n) is 4.21. The SMILES string of the molecule is CCS(=O)(=O)Nc1cc(-c2cc(-c3ccc(C(=O)OC)c(F)c3)no2)ccc1N1CCCCC1C. The average molecular weight is 502 g/mol. The number of nitrogens with zero attached hydrogens (tertiary/aromatic N) is 2. The van der Waals surface area contributed by atoms with Crippen LogP contribution >= 0.6 is 0 Å². The second kappa shape index (κ2) is 10.1. The second-order valence-electron chi connectivity index (χ2n) is 8.54. The molecule has 2 heterocycles. The first-order valence-corrected chi connectivity index (χ1v) is 13.1. The van der Waals surface area contributed by atoms with E-state index in [1.807, 2.05) is 12.1 Å². The highest BCUT2D eigenvalue weighted by atomic mass is 32.2. The van der Waals surface area contributed by atoms with Gasteiger partial charge in [-0.2, -0.15) is 0 Å². The molecular formula is C25H28FN3O5S. The molecule has 1 aromatic heterocycles. The maximum Gasteiger partial charge on any atom is 0.340 e. The molecule has 10 heteroatoms. The molecule has 1 saturated heterocycles. The molecule has 0 saturated carbocycles. The van der Waals surface area contributed by atoms with E-state index in [1.165, 1.54) is 19.2 Å². The number of benzene rings is 2. The third kappa shape index (κ3) is 5.32. The number of hydrogen-bond acceptors (Lipinski definition) is 7. The van der Waals surface area contributed by atoms with E-state index in [9.17, 15) is 17.6 Å². The van der Waals surface area contributed by atoms with Crippen LogP contribution in [0, 0.1) is 5.82 Å². The molecule has 1 fully saturated rings. The smallest absolute Gasteiger partial charge is 0.340 e. The van der Waals surface area contributed by atoms with Crippen LogP contribution in [0.4, 0.5) is 15.8 Å². The Kier molecular flexibility index (Phi) is 7.11. The summed E-state index contributed by atoms with van der Waals surface area (Å²) in [6.07, 6.45) is 3.23. The number of esters is 1. The summed E-state index contributed by atoms with van der Waals surface area (Å²) < 4.78 is 52.0. The van der Waals surface area contributed by atoms with Crippen LogP contribution in [-0.4, -0.2) is 45.0 Å².